The molecule has 178 valence electrons. The molecule has 2 aromatic carbocycles. The van der Waals surface area contributed by atoms with E-state index in [1.165, 1.54) is 22.4 Å². The highest BCUT2D eigenvalue weighted by Gasteiger charge is 2.32. The lowest BCUT2D eigenvalue weighted by molar-refractivity contribution is -0.131. The summed E-state index contributed by atoms with van der Waals surface area (Å²) in [6.45, 7) is 10.9. The third-order valence-corrected chi connectivity index (χ3v) is 6.47. The van der Waals surface area contributed by atoms with E-state index >= 15 is 0 Å². The summed E-state index contributed by atoms with van der Waals surface area (Å²) in [6.07, 6.45) is 6.09. The predicted octanol–water partition coefficient (Wildman–Crippen LogP) is 5.22. The van der Waals surface area contributed by atoms with Crippen molar-refractivity contribution in [2.75, 3.05) is 24.5 Å². The summed E-state index contributed by atoms with van der Waals surface area (Å²) in [5.41, 5.74) is 11.5. The van der Waals surface area contributed by atoms with Crippen molar-refractivity contribution in [3.05, 3.63) is 77.4 Å². The molecular weight excluding hydrogens is 406 g/mol. The highest BCUT2D eigenvalue weighted by atomic mass is 16.2. The number of likely N-dealkylation sites (tertiary alicyclic amines) is 1. The lowest BCUT2D eigenvalue weighted by Gasteiger charge is -2.31. The highest BCUT2D eigenvalue weighted by Crippen LogP contribution is 2.25. The standard InChI is InChI=1S/C29H41N3O/c1-22(2)16-19-32(27-17-18-31(21-27)29(33)28(30)20-23(3)4)26-14-12-25(13-15-26)11-10-24-8-6-5-7-9-24/h5-9,12-16,23,27-28H,10-11,17-21,30H2,1-4H3/t27?,28-/m0/s1. The van der Waals surface area contributed by atoms with Gasteiger partial charge in [0.15, 0.2) is 0 Å². The van der Waals surface area contributed by atoms with Gasteiger partial charge in [-0.25, -0.2) is 0 Å². The summed E-state index contributed by atoms with van der Waals surface area (Å²) in [5.74, 6) is 0.529. The van der Waals surface area contributed by atoms with Gasteiger partial charge < -0.3 is 15.5 Å². The molecule has 2 aromatic rings. The van der Waals surface area contributed by atoms with Crippen molar-refractivity contribution >= 4 is 11.6 Å². The second kappa shape index (κ2) is 12.0. The summed E-state index contributed by atoms with van der Waals surface area (Å²) in [7, 11) is 0. The molecule has 1 unspecified atom stereocenters. The number of nitrogens with zero attached hydrogens (tertiary/aromatic N) is 2. The summed E-state index contributed by atoms with van der Waals surface area (Å²) >= 11 is 0. The van der Waals surface area contributed by atoms with Crippen molar-refractivity contribution in [1.29, 1.82) is 0 Å². The number of carbonyl (C=O) groups is 1. The molecule has 1 fully saturated rings. The van der Waals surface area contributed by atoms with E-state index in [9.17, 15) is 4.79 Å². The molecule has 4 nitrogen and oxygen atoms in total. The normalized spacial score (nSPS) is 16.7. The fourth-order valence-electron chi connectivity index (χ4n) is 4.57. The van der Waals surface area contributed by atoms with Gasteiger partial charge >= 0.3 is 0 Å². The van der Waals surface area contributed by atoms with Crippen LogP contribution in [0.25, 0.3) is 0 Å². The molecule has 2 N–H and O–H groups in total. The van der Waals surface area contributed by atoms with E-state index in [1.54, 1.807) is 0 Å². The minimum atomic E-state index is -0.390. The van der Waals surface area contributed by atoms with E-state index in [-0.39, 0.29) is 11.9 Å². The summed E-state index contributed by atoms with van der Waals surface area (Å²) < 4.78 is 0. The van der Waals surface area contributed by atoms with Crippen molar-refractivity contribution in [2.45, 2.75) is 65.5 Å². The Morgan fingerprint density at radius 2 is 1.70 bits per heavy atom. The van der Waals surface area contributed by atoms with E-state index in [4.69, 9.17) is 5.73 Å². The van der Waals surface area contributed by atoms with Crippen LogP contribution < -0.4 is 10.6 Å². The number of carbonyl (C=O) groups excluding carboxylic acids is 1. The molecule has 0 bridgehead atoms. The Morgan fingerprint density at radius 3 is 2.30 bits per heavy atom. The fraction of sp³-hybridized carbons (Fsp3) is 0.483. The second-order valence-electron chi connectivity index (χ2n) is 10.0. The topological polar surface area (TPSA) is 49.6 Å². The largest absolute Gasteiger partial charge is 0.363 e. The van der Waals surface area contributed by atoms with Crippen LogP contribution in [0.15, 0.2) is 66.2 Å². The molecule has 0 saturated carbocycles. The number of amides is 1. The first-order valence-corrected chi connectivity index (χ1v) is 12.4. The molecule has 1 aliphatic rings. The van der Waals surface area contributed by atoms with Gasteiger partial charge in [-0.2, -0.15) is 0 Å². The Bertz CT molecular complexity index is 900. The van der Waals surface area contributed by atoms with E-state index in [2.05, 4.69) is 93.3 Å². The van der Waals surface area contributed by atoms with Crippen LogP contribution in [-0.2, 0) is 17.6 Å². The van der Waals surface area contributed by atoms with Crippen LogP contribution in [-0.4, -0.2) is 42.5 Å². The maximum Gasteiger partial charge on any atom is 0.239 e. The quantitative estimate of drug-likeness (QED) is 0.508. The van der Waals surface area contributed by atoms with Crippen molar-refractivity contribution in [3.8, 4) is 0 Å². The molecule has 1 saturated heterocycles. The molecule has 0 aliphatic carbocycles. The average molecular weight is 448 g/mol. The maximum absolute atomic E-state index is 12.9. The lowest BCUT2D eigenvalue weighted by Crippen LogP contribution is -2.45. The van der Waals surface area contributed by atoms with Gasteiger partial charge in [0.05, 0.1) is 6.04 Å². The molecule has 33 heavy (non-hydrogen) atoms. The Balaban J connectivity index is 1.67. The van der Waals surface area contributed by atoms with Crippen LogP contribution >= 0.6 is 0 Å². The zero-order valence-electron chi connectivity index (χ0n) is 20.8. The molecular formula is C29H41N3O. The van der Waals surface area contributed by atoms with E-state index < -0.39 is 0 Å². The smallest absolute Gasteiger partial charge is 0.239 e. The monoisotopic (exact) mass is 447 g/mol. The van der Waals surface area contributed by atoms with Crippen LogP contribution in [0, 0.1) is 5.92 Å². The molecule has 1 aliphatic heterocycles. The van der Waals surface area contributed by atoms with Gasteiger partial charge in [0, 0.05) is 31.4 Å². The van der Waals surface area contributed by atoms with Crippen LogP contribution in [0.3, 0.4) is 0 Å². The Hall–Kier alpha value is -2.59. The van der Waals surface area contributed by atoms with Crippen molar-refractivity contribution in [3.63, 3.8) is 0 Å². The van der Waals surface area contributed by atoms with Gasteiger partial charge in [-0.05, 0) is 68.7 Å². The van der Waals surface area contributed by atoms with Crippen LogP contribution in [0.1, 0.15) is 51.7 Å². The molecule has 0 radical (unpaired) electrons. The van der Waals surface area contributed by atoms with Gasteiger partial charge in [0.1, 0.15) is 0 Å². The number of allylic oxidation sites excluding steroid dienone is 1. The third-order valence-electron chi connectivity index (χ3n) is 6.47. The first kappa shape index (κ1) is 25.0. The molecule has 2 atom stereocenters. The molecule has 3 rings (SSSR count). The number of rotatable bonds is 10. The molecule has 1 heterocycles. The zero-order chi connectivity index (χ0) is 23.8. The first-order valence-electron chi connectivity index (χ1n) is 12.4. The van der Waals surface area contributed by atoms with Gasteiger partial charge in [-0.1, -0.05) is 68.0 Å². The number of anilines is 1. The second-order valence-corrected chi connectivity index (χ2v) is 10.0. The van der Waals surface area contributed by atoms with E-state index in [0.717, 1.165) is 45.3 Å². The van der Waals surface area contributed by atoms with E-state index in [0.29, 0.717) is 12.0 Å². The maximum atomic E-state index is 12.9. The number of benzene rings is 2. The van der Waals surface area contributed by atoms with Crippen molar-refractivity contribution in [1.82, 2.24) is 4.90 Å². The molecule has 4 heteroatoms. The summed E-state index contributed by atoms with van der Waals surface area (Å²) in [6, 6.07) is 19.6. The van der Waals surface area contributed by atoms with Crippen LogP contribution in [0.2, 0.25) is 0 Å². The molecule has 0 aromatic heterocycles. The Labute approximate surface area is 200 Å². The Kier molecular flexibility index (Phi) is 9.13. The third kappa shape index (κ3) is 7.46. The predicted molar refractivity (Wildman–Crippen MR) is 139 cm³/mol. The zero-order valence-corrected chi connectivity index (χ0v) is 20.8. The van der Waals surface area contributed by atoms with Crippen LogP contribution in [0.4, 0.5) is 5.69 Å². The average Bonchev–Trinajstić information content (AvgIpc) is 3.28. The fourth-order valence-corrected chi connectivity index (χ4v) is 4.57. The van der Waals surface area contributed by atoms with Crippen molar-refractivity contribution in [2.24, 2.45) is 11.7 Å². The van der Waals surface area contributed by atoms with Gasteiger partial charge in [0.2, 0.25) is 5.91 Å². The number of aryl methyl sites for hydroxylation is 2. The first-order chi connectivity index (χ1) is 15.8. The van der Waals surface area contributed by atoms with E-state index in [1.807, 2.05) is 4.90 Å². The van der Waals surface area contributed by atoms with Gasteiger partial charge in [-0.3, -0.25) is 4.79 Å². The SMILES string of the molecule is CC(C)=CCN(c1ccc(CCc2ccccc2)cc1)C1CCN(C(=O)[C@@H](N)CC(C)C)C1. The molecule has 1 amide bonds. The summed E-state index contributed by atoms with van der Waals surface area (Å²) in [5, 5.41) is 0. The van der Waals surface area contributed by atoms with Gasteiger partial charge in [0.25, 0.3) is 0 Å². The van der Waals surface area contributed by atoms with Crippen LogP contribution in [0.5, 0.6) is 0 Å². The minimum Gasteiger partial charge on any atom is -0.363 e. The molecule has 0 spiro atoms. The van der Waals surface area contributed by atoms with Gasteiger partial charge in [-0.15, -0.1) is 0 Å². The number of hydrogen-bond donors (Lipinski definition) is 1. The lowest BCUT2D eigenvalue weighted by atomic mass is 10.0. The minimum absolute atomic E-state index is 0.102. The number of hydrogen-bond acceptors (Lipinski definition) is 3. The number of nitrogens with two attached hydrogens (primary N) is 1. The Morgan fingerprint density at radius 1 is 1.06 bits per heavy atom. The van der Waals surface area contributed by atoms with Crippen molar-refractivity contribution < 1.29 is 4.79 Å². The highest BCUT2D eigenvalue weighted by molar-refractivity contribution is 5.82. The summed E-state index contributed by atoms with van der Waals surface area (Å²) in [4.78, 5) is 17.3.